The van der Waals surface area contributed by atoms with Gasteiger partial charge in [0.15, 0.2) is 0 Å². The standard InChI is InChI=1S/C12H26N2O3S/c1-11(2)9-10(12(3,4)17-11)13-7-6-8-14-18(5,15)16/h10,13-14H,6-9H2,1-5H3. The molecule has 1 aliphatic heterocycles. The third kappa shape index (κ3) is 5.22. The number of rotatable bonds is 6. The van der Waals surface area contributed by atoms with Crippen LogP contribution in [0.5, 0.6) is 0 Å². The van der Waals surface area contributed by atoms with Crippen molar-refractivity contribution in [1.82, 2.24) is 10.0 Å². The molecule has 1 heterocycles. The molecule has 0 aromatic heterocycles. The van der Waals surface area contributed by atoms with Gasteiger partial charge in [-0.1, -0.05) is 0 Å². The quantitative estimate of drug-likeness (QED) is 0.707. The molecule has 6 heteroatoms. The molecule has 0 aliphatic carbocycles. The van der Waals surface area contributed by atoms with Gasteiger partial charge < -0.3 is 10.1 Å². The van der Waals surface area contributed by atoms with E-state index in [1.807, 2.05) is 0 Å². The highest BCUT2D eigenvalue weighted by atomic mass is 32.2. The van der Waals surface area contributed by atoms with E-state index in [-0.39, 0.29) is 11.2 Å². The van der Waals surface area contributed by atoms with Gasteiger partial charge in [0.1, 0.15) is 0 Å². The third-order valence-electron chi connectivity index (χ3n) is 3.18. The molecular weight excluding hydrogens is 252 g/mol. The third-order valence-corrected chi connectivity index (χ3v) is 3.91. The van der Waals surface area contributed by atoms with E-state index in [0.717, 1.165) is 19.4 Å². The molecule has 0 saturated carbocycles. The summed E-state index contributed by atoms with van der Waals surface area (Å²) >= 11 is 0. The van der Waals surface area contributed by atoms with Crippen LogP contribution in [-0.2, 0) is 14.8 Å². The van der Waals surface area contributed by atoms with Crippen LogP contribution in [0.15, 0.2) is 0 Å². The molecule has 1 saturated heterocycles. The maximum atomic E-state index is 10.9. The van der Waals surface area contributed by atoms with Crippen molar-refractivity contribution in [3.63, 3.8) is 0 Å². The summed E-state index contributed by atoms with van der Waals surface area (Å²) < 4.78 is 30.2. The first-order chi connectivity index (χ1) is 8.02. The Bertz CT molecular complexity index is 377. The monoisotopic (exact) mass is 278 g/mol. The molecule has 0 amide bonds. The van der Waals surface area contributed by atoms with E-state index in [2.05, 4.69) is 37.7 Å². The van der Waals surface area contributed by atoms with Crippen molar-refractivity contribution in [1.29, 1.82) is 0 Å². The molecule has 1 rings (SSSR count). The van der Waals surface area contributed by atoms with E-state index in [0.29, 0.717) is 12.6 Å². The van der Waals surface area contributed by atoms with Gasteiger partial charge in [-0.05, 0) is 47.1 Å². The molecular formula is C12H26N2O3S. The zero-order valence-corrected chi connectivity index (χ0v) is 12.9. The number of hydrogen-bond donors (Lipinski definition) is 2. The van der Waals surface area contributed by atoms with Gasteiger partial charge >= 0.3 is 0 Å². The molecule has 108 valence electrons. The first-order valence-electron chi connectivity index (χ1n) is 6.40. The Balaban J connectivity index is 2.28. The normalized spacial score (nSPS) is 26.4. The van der Waals surface area contributed by atoms with Gasteiger partial charge in [0, 0.05) is 12.6 Å². The smallest absolute Gasteiger partial charge is 0.208 e. The maximum Gasteiger partial charge on any atom is 0.208 e. The van der Waals surface area contributed by atoms with Crippen LogP contribution in [0, 0.1) is 0 Å². The zero-order valence-electron chi connectivity index (χ0n) is 12.0. The summed E-state index contributed by atoms with van der Waals surface area (Å²) in [4.78, 5) is 0. The predicted molar refractivity (Wildman–Crippen MR) is 73.1 cm³/mol. The van der Waals surface area contributed by atoms with Crippen molar-refractivity contribution in [3.8, 4) is 0 Å². The fourth-order valence-corrected chi connectivity index (χ4v) is 3.02. The van der Waals surface area contributed by atoms with Crippen LogP contribution in [0.3, 0.4) is 0 Å². The summed E-state index contributed by atoms with van der Waals surface area (Å²) in [6, 6.07) is 0.311. The Morgan fingerprint density at radius 2 is 1.83 bits per heavy atom. The number of ether oxygens (including phenoxy) is 1. The van der Waals surface area contributed by atoms with E-state index in [9.17, 15) is 8.42 Å². The number of hydrogen-bond acceptors (Lipinski definition) is 4. The second-order valence-electron chi connectivity index (χ2n) is 6.20. The lowest BCUT2D eigenvalue weighted by Gasteiger charge is -2.27. The van der Waals surface area contributed by atoms with Crippen LogP contribution in [0.1, 0.15) is 40.5 Å². The minimum Gasteiger partial charge on any atom is -0.368 e. The Kier molecular flexibility index (Phi) is 4.81. The first-order valence-corrected chi connectivity index (χ1v) is 8.29. The Morgan fingerprint density at radius 3 is 2.28 bits per heavy atom. The maximum absolute atomic E-state index is 10.9. The van der Waals surface area contributed by atoms with Gasteiger partial charge in [-0.25, -0.2) is 13.1 Å². The minimum absolute atomic E-state index is 0.0911. The molecule has 1 fully saturated rings. The van der Waals surface area contributed by atoms with Gasteiger partial charge in [-0.3, -0.25) is 0 Å². The van der Waals surface area contributed by atoms with Crippen molar-refractivity contribution < 1.29 is 13.2 Å². The SMILES string of the molecule is CC1(C)CC(NCCCNS(C)(=O)=O)C(C)(C)O1. The fraction of sp³-hybridized carbons (Fsp3) is 1.00. The number of nitrogens with one attached hydrogen (secondary N) is 2. The highest BCUT2D eigenvalue weighted by molar-refractivity contribution is 7.88. The summed E-state index contributed by atoms with van der Waals surface area (Å²) in [6.45, 7) is 9.64. The summed E-state index contributed by atoms with van der Waals surface area (Å²) in [5, 5.41) is 3.45. The van der Waals surface area contributed by atoms with Gasteiger partial charge in [0.25, 0.3) is 0 Å². The molecule has 5 nitrogen and oxygen atoms in total. The second-order valence-corrected chi connectivity index (χ2v) is 8.03. The summed E-state index contributed by atoms with van der Waals surface area (Å²) in [5.41, 5.74) is -0.264. The van der Waals surface area contributed by atoms with Gasteiger partial charge in [0.05, 0.1) is 17.5 Å². The zero-order chi connectivity index (χ0) is 14.0. The van der Waals surface area contributed by atoms with Crippen LogP contribution < -0.4 is 10.0 Å². The van der Waals surface area contributed by atoms with Gasteiger partial charge in [-0.15, -0.1) is 0 Å². The van der Waals surface area contributed by atoms with E-state index < -0.39 is 10.0 Å². The molecule has 1 aliphatic rings. The molecule has 1 atom stereocenters. The van der Waals surface area contributed by atoms with E-state index in [4.69, 9.17) is 4.74 Å². The van der Waals surface area contributed by atoms with Crippen molar-refractivity contribution in [3.05, 3.63) is 0 Å². The molecule has 18 heavy (non-hydrogen) atoms. The molecule has 0 radical (unpaired) electrons. The highest BCUT2D eigenvalue weighted by Gasteiger charge is 2.45. The van der Waals surface area contributed by atoms with Crippen LogP contribution in [-0.4, -0.2) is 45.0 Å². The lowest BCUT2D eigenvalue weighted by atomic mass is 9.94. The predicted octanol–water partition coefficient (Wildman–Crippen LogP) is 0.861. The highest BCUT2D eigenvalue weighted by Crippen LogP contribution is 2.37. The topological polar surface area (TPSA) is 67.4 Å². The Morgan fingerprint density at radius 1 is 1.22 bits per heavy atom. The van der Waals surface area contributed by atoms with E-state index in [1.54, 1.807) is 0 Å². The average molecular weight is 278 g/mol. The average Bonchev–Trinajstić information content (AvgIpc) is 2.31. The lowest BCUT2D eigenvalue weighted by molar-refractivity contribution is -0.0697. The molecule has 2 N–H and O–H groups in total. The molecule has 0 aromatic rings. The van der Waals surface area contributed by atoms with Crippen LogP contribution in [0.25, 0.3) is 0 Å². The fourth-order valence-electron chi connectivity index (χ4n) is 2.50. The Labute approximate surface area is 111 Å². The summed E-state index contributed by atoms with van der Waals surface area (Å²) in [7, 11) is -3.07. The largest absolute Gasteiger partial charge is 0.368 e. The van der Waals surface area contributed by atoms with Gasteiger partial charge in [0.2, 0.25) is 10.0 Å². The van der Waals surface area contributed by atoms with Crippen LogP contribution >= 0.6 is 0 Å². The molecule has 0 aromatic carbocycles. The van der Waals surface area contributed by atoms with Crippen molar-refractivity contribution in [2.24, 2.45) is 0 Å². The van der Waals surface area contributed by atoms with Gasteiger partial charge in [-0.2, -0.15) is 0 Å². The second kappa shape index (κ2) is 5.45. The van der Waals surface area contributed by atoms with Crippen LogP contribution in [0.4, 0.5) is 0 Å². The molecule has 0 bridgehead atoms. The lowest BCUT2D eigenvalue weighted by Crippen LogP contribution is -2.44. The van der Waals surface area contributed by atoms with Crippen LogP contribution in [0.2, 0.25) is 0 Å². The minimum atomic E-state index is -3.07. The van der Waals surface area contributed by atoms with Crippen molar-refractivity contribution >= 4 is 10.0 Å². The molecule has 0 spiro atoms. The first kappa shape index (κ1) is 15.9. The molecule has 1 unspecified atom stereocenters. The van der Waals surface area contributed by atoms with Crippen molar-refractivity contribution in [2.45, 2.75) is 57.8 Å². The summed E-state index contributed by atoms with van der Waals surface area (Å²) in [5.74, 6) is 0. The summed E-state index contributed by atoms with van der Waals surface area (Å²) in [6.07, 6.45) is 2.93. The van der Waals surface area contributed by atoms with E-state index in [1.165, 1.54) is 6.26 Å². The van der Waals surface area contributed by atoms with Crippen molar-refractivity contribution in [2.75, 3.05) is 19.3 Å². The van der Waals surface area contributed by atoms with E-state index >= 15 is 0 Å². The number of sulfonamides is 1. The Hall–Kier alpha value is -0.170.